The minimum atomic E-state index is -0.158. The van der Waals surface area contributed by atoms with Crippen molar-refractivity contribution in [2.75, 3.05) is 45.3 Å². The fourth-order valence-electron chi connectivity index (χ4n) is 3.29. The van der Waals surface area contributed by atoms with Crippen LogP contribution in [0.1, 0.15) is 28.8 Å². The van der Waals surface area contributed by atoms with E-state index < -0.39 is 0 Å². The van der Waals surface area contributed by atoms with Crippen LogP contribution in [0.5, 0.6) is 5.75 Å². The molecule has 0 atom stereocenters. The summed E-state index contributed by atoms with van der Waals surface area (Å²) < 4.78 is 10.5. The first kappa shape index (κ1) is 21.8. The van der Waals surface area contributed by atoms with Crippen molar-refractivity contribution in [3.05, 3.63) is 59.7 Å². The van der Waals surface area contributed by atoms with Gasteiger partial charge in [0.15, 0.2) is 0 Å². The highest BCUT2D eigenvalue weighted by molar-refractivity contribution is 5.94. The van der Waals surface area contributed by atoms with Gasteiger partial charge in [0.05, 0.1) is 20.3 Å². The van der Waals surface area contributed by atoms with Gasteiger partial charge in [-0.2, -0.15) is 0 Å². The van der Waals surface area contributed by atoms with Crippen LogP contribution < -0.4 is 15.4 Å². The second-order valence-corrected chi connectivity index (χ2v) is 7.18. The lowest BCUT2D eigenvalue weighted by molar-refractivity contribution is -0.116. The summed E-state index contributed by atoms with van der Waals surface area (Å²) in [5.41, 5.74) is 2.51. The number of nitrogens with zero attached hydrogens (tertiary/aromatic N) is 1. The quantitative estimate of drug-likeness (QED) is 0.620. The second-order valence-electron chi connectivity index (χ2n) is 7.18. The average molecular weight is 412 g/mol. The van der Waals surface area contributed by atoms with Gasteiger partial charge in [-0.25, -0.2) is 0 Å². The van der Waals surface area contributed by atoms with Crippen molar-refractivity contribution in [3.8, 4) is 5.75 Å². The van der Waals surface area contributed by atoms with Crippen LogP contribution in [0.25, 0.3) is 0 Å². The van der Waals surface area contributed by atoms with E-state index in [0.717, 1.165) is 44.1 Å². The van der Waals surface area contributed by atoms with Crippen LogP contribution in [0, 0.1) is 0 Å². The van der Waals surface area contributed by atoms with E-state index in [1.165, 1.54) is 0 Å². The molecule has 0 radical (unpaired) electrons. The van der Waals surface area contributed by atoms with Crippen molar-refractivity contribution in [3.63, 3.8) is 0 Å². The van der Waals surface area contributed by atoms with Gasteiger partial charge in [-0.15, -0.1) is 0 Å². The van der Waals surface area contributed by atoms with Gasteiger partial charge in [-0.3, -0.25) is 14.5 Å². The van der Waals surface area contributed by atoms with E-state index in [-0.39, 0.29) is 11.8 Å². The number of carbonyl (C=O) groups excluding carboxylic acids is 2. The monoisotopic (exact) mass is 411 g/mol. The topological polar surface area (TPSA) is 79.9 Å². The van der Waals surface area contributed by atoms with Crippen molar-refractivity contribution in [1.29, 1.82) is 0 Å². The molecule has 2 amide bonds. The molecule has 0 aliphatic carbocycles. The lowest BCUT2D eigenvalue weighted by Crippen LogP contribution is -2.35. The molecule has 1 saturated heterocycles. The van der Waals surface area contributed by atoms with E-state index in [9.17, 15) is 9.59 Å². The first-order valence-corrected chi connectivity index (χ1v) is 10.3. The van der Waals surface area contributed by atoms with E-state index in [1.807, 2.05) is 24.3 Å². The Bertz CT molecular complexity index is 833. The number of hydrogen-bond donors (Lipinski definition) is 2. The Balaban J connectivity index is 1.41. The Hall–Kier alpha value is -2.90. The first-order valence-electron chi connectivity index (χ1n) is 10.3. The highest BCUT2D eigenvalue weighted by Gasteiger charge is 2.14. The van der Waals surface area contributed by atoms with Gasteiger partial charge in [-0.1, -0.05) is 18.2 Å². The van der Waals surface area contributed by atoms with Crippen LogP contribution in [0.3, 0.4) is 0 Å². The predicted octanol–water partition coefficient (Wildman–Crippen LogP) is 2.68. The van der Waals surface area contributed by atoms with Gasteiger partial charge in [0.1, 0.15) is 5.75 Å². The molecule has 1 aliphatic rings. The average Bonchev–Trinajstić information content (AvgIpc) is 2.78. The summed E-state index contributed by atoms with van der Waals surface area (Å²) >= 11 is 0. The van der Waals surface area contributed by atoms with Crippen molar-refractivity contribution in [1.82, 2.24) is 10.2 Å². The number of benzene rings is 2. The maximum absolute atomic E-state index is 12.4. The SMILES string of the molecule is COc1ccc(C(=O)NCCCC(=O)Nc2ccccc2CN2CCOCC2)cc1. The largest absolute Gasteiger partial charge is 0.497 e. The van der Waals surface area contributed by atoms with E-state index in [2.05, 4.69) is 15.5 Å². The van der Waals surface area contributed by atoms with Gasteiger partial charge in [-0.05, 0) is 42.3 Å². The van der Waals surface area contributed by atoms with E-state index >= 15 is 0 Å². The maximum Gasteiger partial charge on any atom is 0.251 e. The van der Waals surface area contributed by atoms with Gasteiger partial charge in [0, 0.05) is 43.9 Å². The van der Waals surface area contributed by atoms with Crippen molar-refractivity contribution in [2.24, 2.45) is 0 Å². The molecule has 1 aliphatic heterocycles. The van der Waals surface area contributed by atoms with Crippen LogP contribution in [0.4, 0.5) is 5.69 Å². The molecule has 160 valence electrons. The van der Waals surface area contributed by atoms with E-state index in [1.54, 1.807) is 31.4 Å². The summed E-state index contributed by atoms with van der Waals surface area (Å²) in [4.78, 5) is 26.8. The normalized spacial score (nSPS) is 14.2. The molecule has 0 bridgehead atoms. The van der Waals surface area contributed by atoms with E-state index in [0.29, 0.717) is 30.7 Å². The number of amides is 2. The number of methoxy groups -OCH3 is 1. The third-order valence-corrected chi connectivity index (χ3v) is 5.01. The van der Waals surface area contributed by atoms with Gasteiger partial charge < -0.3 is 20.1 Å². The second kappa shape index (κ2) is 11.3. The molecule has 1 heterocycles. The summed E-state index contributed by atoms with van der Waals surface area (Å²) in [7, 11) is 1.58. The molecule has 3 rings (SSSR count). The molecule has 2 aromatic carbocycles. The number of hydrogen-bond acceptors (Lipinski definition) is 5. The molecule has 2 aromatic rings. The minimum Gasteiger partial charge on any atom is -0.497 e. The Morgan fingerprint density at radius 1 is 1.07 bits per heavy atom. The number of nitrogens with one attached hydrogen (secondary N) is 2. The first-order chi connectivity index (χ1) is 14.7. The van der Waals surface area contributed by atoms with Crippen LogP contribution in [-0.2, 0) is 16.1 Å². The number of rotatable bonds is 9. The number of para-hydroxylation sites is 1. The van der Waals surface area contributed by atoms with Crippen LogP contribution in [-0.4, -0.2) is 56.7 Å². The third-order valence-electron chi connectivity index (χ3n) is 5.01. The van der Waals surface area contributed by atoms with Gasteiger partial charge in [0.2, 0.25) is 5.91 Å². The Morgan fingerprint density at radius 2 is 1.80 bits per heavy atom. The zero-order valence-electron chi connectivity index (χ0n) is 17.4. The summed E-state index contributed by atoms with van der Waals surface area (Å²) in [6.45, 7) is 4.52. The molecule has 0 saturated carbocycles. The molecule has 2 N–H and O–H groups in total. The lowest BCUT2D eigenvalue weighted by Gasteiger charge is -2.27. The smallest absolute Gasteiger partial charge is 0.251 e. The fraction of sp³-hybridized carbons (Fsp3) is 0.391. The van der Waals surface area contributed by atoms with Crippen molar-refractivity contribution < 1.29 is 19.1 Å². The molecule has 30 heavy (non-hydrogen) atoms. The lowest BCUT2D eigenvalue weighted by atomic mass is 10.1. The number of morpholine rings is 1. The van der Waals surface area contributed by atoms with Crippen LogP contribution in [0.2, 0.25) is 0 Å². The molecular formula is C23H29N3O4. The number of ether oxygens (including phenoxy) is 2. The Morgan fingerprint density at radius 3 is 2.53 bits per heavy atom. The maximum atomic E-state index is 12.4. The van der Waals surface area contributed by atoms with Crippen LogP contribution >= 0.6 is 0 Å². The summed E-state index contributed by atoms with van der Waals surface area (Å²) in [6.07, 6.45) is 0.911. The highest BCUT2D eigenvalue weighted by atomic mass is 16.5. The molecule has 0 unspecified atom stereocenters. The van der Waals surface area contributed by atoms with Crippen molar-refractivity contribution >= 4 is 17.5 Å². The summed E-state index contributed by atoms with van der Waals surface area (Å²) in [5, 5.41) is 5.85. The highest BCUT2D eigenvalue weighted by Crippen LogP contribution is 2.18. The molecule has 7 nitrogen and oxygen atoms in total. The standard InChI is InChI=1S/C23H29N3O4/c1-29-20-10-8-18(9-11-20)23(28)24-12-4-7-22(27)25-21-6-3-2-5-19(21)17-26-13-15-30-16-14-26/h2-3,5-6,8-11H,4,7,12-17H2,1H3,(H,24,28)(H,25,27). The third kappa shape index (κ3) is 6.57. The van der Waals surface area contributed by atoms with Gasteiger partial charge in [0.25, 0.3) is 5.91 Å². The Kier molecular flexibility index (Phi) is 8.23. The molecule has 0 spiro atoms. The molecule has 1 fully saturated rings. The zero-order valence-corrected chi connectivity index (χ0v) is 17.4. The van der Waals surface area contributed by atoms with Crippen LogP contribution in [0.15, 0.2) is 48.5 Å². The van der Waals surface area contributed by atoms with E-state index in [4.69, 9.17) is 9.47 Å². The molecular weight excluding hydrogens is 382 g/mol. The number of anilines is 1. The van der Waals surface area contributed by atoms with Gasteiger partial charge >= 0.3 is 0 Å². The fourth-order valence-corrected chi connectivity index (χ4v) is 3.29. The minimum absolute atomic E-state index is 0.0527. The summed E-state index contributed by atoms with van der Waals surface area (Å²) in [5.74, 6) is 0.495. The molecule has 0 aromatic heterocycles. The zero-order chi connectivity index (χ0) is 21.2. The predicted molar refractivity (Wildman–Crippen MR) is 116 cm³/mol. The summed E-state index contributed by atoms with van der Waals surface area (Å²) in [6, 6.07) is 14.8. The molecule has 7 heteroatoms. The van der Waals surface area contributed by atoms with Crippen molar-refractivity contribution in [2.45, 2.75) is 19.4 Å². The number of carbonyl (C=O) groups is 2. The Labute approximate surface area is 177 Å².